The molecule has 1 aromatic heterocycles. The normalized spacial score (nSPS) is 14.6. The van der Waals surface area contributed by atoms with Gasteiger partial charge in [-0.05, 0) is 117 Å². The van der Waals surface area contributed by atoms with Crippen molar-refractivity contribution >= 4 is 81.8 Å². The smallest absolute Gasteiger partial charge is 0.326 e. The molecule has 9 atom stereocenters. The Hall–Kier alpha value is -7.33. The molecule has 0 bridgehead atoms. The third-order valence-corrected chi connectivity index (χ3v) is 14.5. The number of phenols is 1. The van der Waals surface area contributed by atoms with Crippen molar-refractivity contribution in [1.29, 1.82) is 0 Å². The molecule has 26 nitrogen and oxygen atoms in total. The van der Waals surface area contributed by atoms with E-state index in [1.165, 1.54) is 36.0 Å². The van der Waals surface area contributed by atoms with E-state index in [1.807, 2.05) is 6.26 Å². The van der Waals surface area contributed by atoms with E-state index in [-0.39, 0.29) is 50.9 Å². The number of phenolic OH excluding ortho intramolecular Hbond substituents is 1. The van der Waals surface area contributed by atoms with Gasteiger partial charge in [-0.1, -0.05) is 71.9 Å². The first-order valence-electron chi connectivity index (χ1n) is 28.4. The standard InChI is InChI=1S/C57H89N13O13S/c1-31(2)46(68-51(76)41(22-25-84-7)63-49(74)39(16-10-12-23-58)62-45(73)28-60)54(79)64-40(17-11-13-24-59)50(75)69-48(33(5)6)56(81)70-47(32(3)4)55(80)67-44(30-71)53(78)65-42(27-35-29-61-38-15-9-8-14-37(35)38)52(77)66-43(57(82)83)26-34-18-20-36(72)21-19-34/h8-9,14-15,18-21,29,31-33,39-44,46-48,61,71-72H,10-13,16-17,22-28,30,58-60H2,1-7H3,(H,62,73)(H,63,74)(H,64,79)(H,65,78)(H,66,77)(H,67,80)(H,68,76)(H,69,75)(H,70,81)(H,82,83)/t39-,40+,41+,42+,43+,44+,46+,47+,48+/m1/s1. The summed E-state index contributed by atoms with van der Waals surface area (Å²) in [4.78, 5) is 140. The number of hydrogen-bond donors (Lipinski definition) is 16. The molecular weight excluding hydrogens is 1110 g/mol. The van der Waals surface area contributed by atoms with Crippen LogP contribution in [0.15, 0.2) is 54.7 Å². The van der Waals surface area contributed by atoms with Crippen molar-refractivity contribution in [1.82, 2.24) is 52.8 Å². The molecule has 3 rings (SSSR count). The molecule has 0 aliphatic carbocycles. The van der Waals surface area contributed by atoms with E-state index >= 15 is 0 Å². The van der Waals surface area contributed by atoms with Gasteiger partial charge in [0.05, 0.1) is 13.2 Å². The summed E-state index contributed by atoms with van der Waals surface area (Å²) in [5.41, 5.74) is 18.7. The largest absolute Gasteiger partial charge is 0.508 e. The molecule has 466 valence electrons. The highest BCUT2D eigenvalue weighted by atomic mass is 32.2. The van der Waals surface area contributed by atoms with Gasteiger partial charge in [0.15, 0.2) is 0 Å². The van der Waals surface area contributed by atoms with Crippen molar-refractivity contribution in [2.45, 2.75) is 154 Å². The maximum absolute atomic E-state index is 14.3. The lowest BCUT2D eigenvalue weighted by atomic mass is 9.98. The number of H-pyrrole nitrogens is 1. The number of rotatable bonds is 38. The predicted molar refractivity (Wildman–Crippen MR) is 318 cm³/mol. The van der Waals surface area contributed by atoms with Gasteiger partial charge in [0, 0.05) is 29.9 Å². The summed E-state index contributed by atoms with van der Waals surface area (Å²) < 4.78 is 0. The van der Waals surface area contributed by atoms with E-state index in [0.29, 0.717) is 54.5 Å². The van der Waals surface area contributed by atoms with Gasteiger partial charge in [-0.2, -0.15) is 11.8 Å². The SMILES string of the molecule is CSCC[C@H](NC(=O)[C@@H](CCCCN)NC(=O)CN)C(=O)N[C@H](C(=O)N[C@@H](CCCCN)C(=O)N[C@H](C(=O)N[C@H](C(=O)N[C@@H](CO)C(=O)N[C@@H](Cc1c[nH]c2ccccc12)C(=O)N[C@@H](Cc1ccc(O)cc1)C(=O)O)C(C)C)C(C)C)C(C)C. The number of fused-ring (bicyclic) bond motifs is 1. The number of unbranched alkanes of at least 4 members (excludes halogenated alkanes) is 2. The number of nitrogens with one attached hydrogen (secondary N) is 10. The monoisotopic (exact) mass is 1200 g/mol. The zero-order valence-corrected chi connectivity index (χ0v) is 49.9. The van der Waals surface area contributed by atoms with Crippen LogP contribution in [0.4, 0.5) is 0 Å². The second-order valence-corrected chi connectivity index (χ2v) is 22.6. The maximum Gasteiger partial charge on any atom is 0.326 e. The summed E-state index contributed by atoms with van der Waals surface area (Å²) in [6, 6.07) is 0.986. The van der Waals surface area contributed by atoms with E-state index in [4.69, 9.17) is 17.2 Å². The first kappa shape index (κ1) is 70.9. The van der Waals surface area contributed by atoms with E-state index in [1.54, 1.807) is 72.0 Å². The minimum absolute atomic E-state index is 0.0460. The molecule has 9 amide bonds. The predicted octanol–water partition coefficient (Wildman–Crippen LogP) is -0.963. The number of para-hydroxylation sites is 1. The summed E-state index contributed by atoms with van der Waals surface area (Å²) in [7, 11) is 0. The van der Waals surface area contributed by atoms with Crippen molar-refractivity contribution < 1.29 is 63.3 Å². The molecule has 3 aromatic rings. The lowest BCUT2D eigenvalue weighted by Crippen LogP contribution is -2.62. The molecule has 2 aromatic carbocycles. The number of thioether (sulfide) groups is 1. The summed E-state index contributed by atoms with van der Waals surface area (Å²) in [6.07, 6.45) is 5.53. The molecule has 27 heteroatoms. The molecule has 0 fully saturated rings. The van der Waals surface area contributed by atoms with Gasteiger partial charge in [0.2, 0.25) is 53.2 Å². The number of nitrogens with two attached hydrogens (primary N) is 3. The fourth-order valence-electron chi connectivity index (χ4n) is 8.97. The van der Waals surface area contributed by atoms with Crippen LogP contribution >= 0.6 is 11.8 Å². The Morgan fingerprint density at radius 3 is 1.44 bits per heavy atom. The van der Waals surface area contributed by atoms with Crippen LogP contribution < -0.4 is 65.1 Å². The third kappa shape index (κ3) is 23.0. The Kier molecular flexibility index (Phi) is 30.7. The molecule has 1 heterocycles. The molecular formula is C57H89N13O13S. The second kappa shape index (κ2) is 36.4. The number of carbonyl (C=O) groups is 10. The van der Waals surface area contributed by atoms with Gasteiger partial charge in [-0.15, -0.1) is 0 Å². The van der Waals surface area contributed by atoms with E-state index < -0.39 is 138 Å². The maximum atomic E-state index is 14.3. The van der Waals surface area contributed by atoms with Crippen molar-refractivity contribution in [3.8, 4) is 5.75 Å². The van der Waals surface area contributed by atoms with E-state index in [0.717, 1.165) is 5.52 Å². The van der Waals surface area contributed by atoms with E-state index in [9.17, 15) is 63.3 Å². The van der Waals surface area contributed by atoms with Crippen LogP contribution in [0.5, 0.6) is 5.75 Å². The third-order valence-electron chi connectivity index (χ3n) is 13.9. The highest BCUT2D eigenvalue weighted by molar-refractivity contribution is 7.98. The zero-order chi connectivity index (χ0) is 62.6. The number of aliphatic carboxylic acids is 1. The first-order chi connectivity index (χ1) is 39.9. The molecule has 19 N–H and O–H groups in total. The van der Waals surface area contributed by atoms with Crippen LogP contribution in [-0.2, 0) is 60.8 Å². The molecule has 84 heavy (non-hydrogen) atoms. The number of aromatic nitrogens is 1. The van der Waals surface area contributed by atoms with Crippen LogP contribution in [0.3, 0.4) is 0 Å². The van der Waals surface area contributed by atoms with Crippen LogP contribution in [0, 0.1) is 17.8 Å². The lowest BCUT2D eigenvalue weighted by molar-refractivity contribution is -0.142. The number of carboxylic acids is 1. The minimum Gasteiger partial charge on any atom is -0.508 e. The topological polar surface area (TPSA) is 434 Å². The molecule has 0 spiro atoms. The molecule has 0 aliphatic rings. The lowest BCUT2D eigenvalue weighted by Gasteiger charge is -2.30. The average Bonchev–Trinajstić information content (AvgIpc) is 3.88. The Morgan fingerprint density at radius 1 is 0.512 bits per heavy atom. The molecule has 0 radical (unpaired) electrons. The van der Waals surface area contributed by atoms with Crippen LogP contribution in [0.25, 0.3) is 10.9 Å². The number of aliphatic hydroxyl groups is 1. The van der Waals surface area contributed by atoms with Crippen LogP contribution in [0.1, 0.15) is 97.6 Å². The van der Waals surface area contributed by atoms with Crippen molar-refractivity contribution in [2.75, 3.05) is 38.2 Å². The number of benzene rings is 2. The average molecular weight is 1200 g/mol. The number of hydrogen-bond acceptors (Lipinski definition) is 16. The summed E-state index contributed by atoms with van der Waals surface area (Å²) >= 11 is 1.42. The van der Waals surface area contributed by atoms with Crippen molar-refractivity contribution in [3.05, 3.63) is 65.9 Å². The van der Waals surface area contributed by atoms with E-state index in [2.05, 4.69) is 52.8 Å². The van der Waals surface area contributed by atoms with Gasteiger partial charge >= 0.3 is 5.97 Å². The Bertz CT molecular complexity index is 2660. The highest BCUT2D eigenvalue weighted by Gasteiger charge is 2.37. The van der Waals surface area contributed by atoms with Gasteiger partial charge in [-0.25, -0.2) is 4.79 Å². The van der Waals surface area contributed by atoms with Crippen LogP contribution in [-0.4, -0.2) is 172 Å². The van der Waals surface area contributed by atoms with Crippen molar-refractivity contribution in [2.24, 2.45) is 35.0 Å². The summed E-state index contributed by atoms with van der Waals surface area (Å²) in [5.74, 6) is -9.79. The number of aliphatic hydroxyl groups excluding tert-OH is 1. The number of aromatic amines is 1. The Morgan fingerprint density at radius 2 is 0.940 bits per heavy atom. The summed E-state index contributed by atoms with van der Waals surface area (Å²) in [5, 5.41) is 54.7. The van der Waals surface area contributed by atoms with Gasteiger partial charge in [-0.3, -0.25) is 43.2 Å². The highest BCUT2D eigenvalue weighted by Crippen LogP contribution is 2.20. The fraction of sp³-hybridized carbons (Fsp3) is 0.579. The Balaban J connectivity index is 1.82. The van der Waals surface area contributed by atoms with Crippen LogP contribution in [0.2, 0.25) is 0 Å². The molecule has 0 saturated heterocycles. The number of aromatic hydroxyl groups is 1. The first-order valence-corrected chi connectivity index (χ1v) is 29.8. The molecule has 0 unspecified atom stereocenters. The number of carboxylic acid groups (broad SMARTS) is 1. The number of carbonyl (C=O) groups excluding carboxylic acids is 9. The number of amides is 9. The van der Waals surface area contributed by atoms with Gasteiger partial charge in [0.1, 0.15) is 60.1 Å². The zero-order valence-electron chi connectivity index (χ0n) is 49.1. The summed E-state index contributed by atoms with van der Waals surface area (Å²) in [6.45, 7) is 9.17. The minimum atomic E-state index is -1.70. The molecule has 0 saturated carbocycles. The van der Waals surface area contributed by atoms with Gasteiger partial charge < -0.3 is 85.4 Å². The second-order valence-electron chi connectivity index (χ2n) is 21.6. The van der Waals surface area contributed by atoms with Gasteiger partial charge in [0.25, 0.3) is 0 Å². The molecule has 0 aliphatic heterocycles. The quantitative estimate of drug-likeness (QED) is 0.0307. The Labute approximate surface area is 494 Å². The fourth-order valence-corrected chi connectivity index (χ4v) is 9.44. The van der Waals surface area contributed by atoms with Crippen molar-refractivity contribution in [3.63, 3.8) is 0 Å².